The fourth-order valence-electron chi connectivity index (χ4n) is 2.42. The molecule has 2 rings (SSSR count). The molecule has 124 valence electrons. The van der Waals surface area contributed by atoms with Crippen molar-refractivity contribution in [3.05, 3.63) is 24.3 Å². The lowest BCUT2D eigenvalue weighted by Crippen LogP contribution is -2.45. The number of sulfonamides is 1. The number of rotatable bonds is 7. The van der Waals surface area contributed by atoms with Gasteiger partial charge in [0.1, 0.15) is 5.75 Å². The lowest BCUT2D eigenvalue weighted by molar-refractivity contribution is 0.0354. The molecule has 0 spiro atoms. The van der Waals surface area contributed by atoms with Crippen LogP contribution in [0.2, 0.25) is 0 Å². The van der Waals surface area contributed by atoms with Gasteiger partial charge < -0.3 is 9.47 Å². The summed E-state index contributed by atoms with van der Waals surface area (Å²) in [7, 11) is -3.51. The van der Waals surface area contributed by atoms with Gasteiger partial charge in [0.25, 0.3) is 0 Å². The van der Waals surface area contributed by atoms with Crippen LogP contribution >= 0.6 is 0 Å². The van der Waals surface area contributed by atoms with Crippen LogP contribution in [0.15, 0.2) is 29.2 Å². The predicted octanol–water partition coefficient (Wildman–Crippen LogP) is 1.08. The molecule has 1 heterocycles. The Morgan fingerprint density at radius 1 is 1.27 bits per heavy atom. The molecule has 1 aliphatic rings. The number of benzene rings is 1. The summed E-state index contributed by atoms with van der Waals surface area (Å²) in [6.07, 6.45) is 0. The van der Waals surface area contributed by atoms with Crippen molar-refractivity contribution in [1.29, 1.82) is 0 Å². The first-order valence-corrected chi connectivity index (χ1v) is 9.05. The number of nitrogens with zero attached hydrogens (tertiary/aromatic N) is 1. The predicted molar refractivity (Wildman–Crippen MR) is 84.7 cm³/mol. The first kappa shape index (κ1) is 17.2. The molecule has 22 heavy (non-hydrogen) atoms. The van der Waals surface area contributed by atoms with Crippen LogP contribution in [0.4, 0.5) is 0 Å². The molecule has 0 aliphatic carbocycles. The molecule has 1 aromatic rings. The maximum atomic E-state index is 12.4. The van der Waals surface area contributed by atoms with Crippen molar-refractivity contribution in [3.63, 3.8) is 0 Å². The number of hydrogen-bond donors (Lipinski definition) is 1. The molecule has 7 heteroatoms. The molecule has 0 radical (unpaired) electrons. The van der Waals surface area contributed by atoms with Gasteiger partial charge in [-0.25, -0.2) is 13.1 Å². The van der Waals surface area contributed by atoms with E-state index in [1.807, 2.05) is 13.8 Å². The summed E-state index contributed by atoms with van der Waals surface area (Å²) < 4.78 is 38.0. The SMILES string of the molecule is CCOc1ccc(S(=O)(=O)N[C@H](C)CN2CCOCC2)cc1. The van der Waals surface area contributed by atoms with Crippen LogP contribution in [0.5, 0.6) is 5.75 Å². The minimum atomic E-state index is -3.51. The molecular weight excluding hydrogens is 304 g/mol. The fourth-order valence-corrected chi connectivity index (χ4v) is 3.66. The van der Waals surface area contributed by atoms with E-state index in [1.54, 1.807) is 24.3 Å². The Kier molecular flexibility index (Phi) is 6.19. The smallest absolute Gasteiger partial charge is 0.240 e. The highest BCUT2D eigenvalue weighted by molar-refractivity contribution is 7.89. The molecular formula is C15H24N2O4S. The summed E-state index contributed by atoms with van der Waals surface area (Å²) in [6, 6.07) is 6.31. The van der Waals surface area contributed by atoms with Crippen LogP contribution in [0.3, 0.4) is 0 Å². The van der Waals surface area contributed by atoms with E-state index < -0.39 is 10.0 Å². The molecule has 6 nitrogen and oxygen atoms in total. The van der Waals surface area contributed by atoms with Gasteiger partial charge >= 0.3 is 0 Å². The zero-order valence-corrected chi connectivity index (χ0v) is 13.9. The highest BCUT2D eigenvalue weighted by Gasteiger charge is 2.20. The average Bonchev–Trinajstić information content (AvgIpc) is 2.48. The Labute approximate surface area is 132 Å². The van der Waals surface area contributed by atoms with Crippen molar-refractivity contribution in [2.45, 2.75) is 24.8 Å². The monoisotopic (exact) mass is 328 g/mol. The van der Waals surface area contributed by atoms with E-state index in [0.29, 0.717) is 32.1 Å². The summed E-state index contributed by atoms with van der Waals surface area (Å²) in [4.78, 5) is 2.46. The van der Waals surface area contributed by atoms with Gasteiger partial charge in [-0.15, -0.1) is 0 Å². The van der Waals surface area contributed by atoms with Gasteiger partial charge in [-0.05, 0) is 38.1 Å². The van der Waals surface area contributed by atoms with E-state index in [4.69, 9.17) is 9.47 Å². The van der Waals surface area contributed by atoms with Crippen LogP contribution in [-0.4, -0.2) is 58.8 Å². The minimum absolute atomic E-state index is 0.158. The Hall–Kier alpha value is -1.15. The number of morpholine rings is 1. The topological polar surface area (TPSA) is 67.9 Å². The van der Waals surface area contributed by atoms with Crippen molar-refractivity contribution < 1.29 is 17.9 Å². The van der Waals surface area contributed by atoms with Gasteiger partial charge in [-0.3, -0.25) is 4.90 Å². The lowest BCUT2D eigenvalue weighted by Gasteiger charge is -2.29. The molecule has 1 aromatic carbocycles. The average molecular weight is 328 g/mol. The molecule has 0 bridgehead atoms. The Morgan fingerprint density at radius 2 is 1.91 bits per heavy atom. The Morgan fingerprint density at radius 3 is 2.50 bits per heavy atom. The summed E-state index contributed by atoms with van der Waals surface area (Å²) in [5.74, 6) is 0.669. The minimum Gasteiger partial charge on any atom is -0.494 e. The summed E-state index contributed by atoms with van der Waals surface area (Å²) in [5, 5.41) is 0. The van der Waals surface area contributed by atoms with Gasteiger partial charge in [0.05, 0.1) is 24.7 Å². The van der Waals surface area contributed by atoms with Gasteiger partial charge in [0, 0.05) is 25.7 Å². The normalized spacial score (nSPS) is 18.1. The molecule has 1 aliphatic heterocycles. The van der Waals surface area contributed by atoms with Crippen LogP contribution in [0.25, 0.3) is 0 Å². The van der Waals surface area contributed by atoms with E-state index in [9.17, 15) is 8.42 Å². The second-order valence-electron chi connectivity index (χ2n) is 5.34. The van der Waals surface area contributed by atoms with E-state index in [2.05, 4.69) is 9.62 Å². The van der Waals surface area contributed by atoms with Gasteiger partial charge in [0.2, 0.25) is 10.0 Å². The number of ether oxygens (including phenoxy) is 2. The van der Waals surface area contributed by atoms with Crippen molar-refractivity contribution in [2.75, 3.05) is 39.5 Å². The standard InChI is InChI=1S/C15H24N2O4S/c1-3-21-14-4-6-15(7-5-14)22(18,19)16-13(2)12-17-8-10-20-11-9-17/h4-7,13,16H,3,8-12H2,1-2H3/t13-/m1/s1. The Balaban J connectivity index is 1.94. The number of nitrogens with one attached hydrogen (secondary N) is 1. The van der Waals surface area contributed by atoms with Crippen molar-refractivity contribution >= 4 is 10.0 Å². The maximum absolute atomic E-state index is 12.4. The van der Waals surface area contributed by atoms with Crippen molar-refractivity contribution in [2.24, 2.45) is 0 Å². The molecule has 1 atom stereocenters. The second-order valence-corrected chi connectivity index (χ2v) is 7.05. The second kappa shape index (κ2) is 7.92. The van der Waals surface area contributed by atoms with Crippen LogP contribution in [0, 0.1) is 0 Å². The molecule has 0 aromatic heterocycles. The first-order chi connectivity index (χ1) is 10.5. The zero-order chi connectivity index (χ0) is 16.0. The molecule has 1 fully saturated rings. The van der Waals surface area contributed by atoms with E-state index >= 15 is 0 Å². The summed E-state index contributed by atoms with van der Waals surface area (Å²) >= 11 is 0. The van der Waals surface area contributed by atoms with Crippen molar-refractivity contribution in [1.82, 2.24) is 9.62 Å². The quantitative estimate of drug-likeness (QED) is 0.811. The maximum Gasteiger partial charge on any atom is 0.240 e. The third-order valence-electron chi connectivity index (χ3n) is 3.44. The third-order valence-corrected chi connectivity index (χ3v) is 5.04. The zero-order valence-electron chi connectivity index (χ0n) is 13.1. The largest absolute Gasteiger partial charge is 0.494 e. The van der Waals surface area contributed by atoms with Gasteiger partial charge in [0.15, 0.2) is 0 Å². The Bertz CT molecular complexity index is 553. The third kappa shape index (κ3) is 4.95. The summed E-state index contributed by atoms with van der Waals surface area (Å²) in [6.45, 7) is 8.10. The van der Waals surface area contributed by atoms with Gasteiger partial charge in [-0.1, -0.05) is 0 Å². The first-order valence-electron chi connectivity index (χ1n) is 7.56. The molecule has 0 unspecified atom stereocenters. The highest BCUT2D eigenvalue weighted by Crippen LogP contribution is 2.16. The van der Waals surface area contributed by atoms with E-state index in [0.717, 1.165) is 13.1 Å². The van der Waals surface area contributed by atoms with Gasteiger partial charge in [-0.2, -0.15) is 0 Å². The van der Waals surface area contributed by atoms with Crippen LogP contribution in [-0.2, 0) is 14.8 Å². The molecule has 0 amide bonds. The fraction of sp³-hybridized carbons (Fsp3) is 0.600. The summed E-state index contributed by atoms with van der Waals surface area (Å²) in [5.41, 5.74) is 0. The molecule has 0 saturated carbocycles. The van der Waals surface area contributed by atoms with E-state index in [1.165, 1.54) is 0 Å². The molecule has 1 N–H and O–H groups in total. The van der Waals surface area contributed by atoms with Crippen LogP contribution in [0.1, 0.15) is 13.8 Å². The lowest BCUT2D eigenvalue weighted by atomic mass is 10.3. The molecule has 1 saturated heterocycles. The number of hydrogen-bond acceptors (Lipinski definition) is 5. The van der Waals surface area contributed by atoms with Crippen LogP contribution < -0.4 is 9.46 Å². The van der Waals surface area contributed by atoms with E-state index in [-0.39, 0.29) is 10.9 Å². The highest BCUT2D eigenvalue weighted by atomic mass is 32.2. The van der Waals surface area contributed by atoms with Crippen molar-refractivity contribution in [3.8, 4) is 5.75 Å².